The molecule has 8 rings (SSSR count). The third kappa shape index (κ3) is 6.77. The van der Waals surface area contributed by atoms with Crippen LogP contribution in [0, 0.1) is 69.0 Å². The molecule has 0 bridgehead atoms. The number of benzene rings is 4. The summed E-state index contributed by atoms with van der Waals surface area (Å²) in [6.07, 6.45) is 9.70. The lowest BCUT2D eigenvalue weighted by atomic mass is 9.41. The number of allylic oxidation sites excluding steroid dienone is 14. The van der Waals surface area contributed by atoms with Crippen LogP contribution in [-0.4, -0.2) is 0 Å². The van der Waals surface area contributed by atoms with Gasteiger partial charge in [0.25, 0.3) is 0 Å². The average Bonchev–Trinajstić information content (AvgIpc) is 3.21. The maximum Gasteiger partial charge on any atom is 0.0450 e. The van der Waals surface area contributed by atoms with E-state index < -0.39 is 10.8 Å². The summed E-state index contributed by atoms with van der Waals surface area (Å²) in [5.74, 6) is 29.5. The van der Waals surface area contributed by atoms with Crippen LogP contribution in [0.2, 0.25) is 0 Å². The summed E-state index contributed by atoms with van der Waals surface area (Å²) >= 11 is 0. The lowest BCUT2D eigenvalue weighted by molar-refractivity contribution is 0.238. The Kier molecular flexibility index (Phi) is 9.66. The van der Waals surface area contributed by atoms with Crippen molar-refractivity contribution in [2.24, 2.45) is 21.7 Å². The highest BCUT2D eigenvalue weighted by atomic mass is 14.6. The topological polar surface area (TPSA) is 0 Å². The summed E-state index contributed by atoms with van der Waals surface area (Å²) in [6, 6.07) is 41.2. The molecule has 280 valence electrons. The molecule has 4 aliphatic rings. The Hall–Kier alpha value is -6.70. The molecule has 0 nitrogen and oxygen atoms in total. The fourth-order valence-corrected chi connectivity index (χ4v) is 8.49. The van der Waals surface area contributed by atoms with Crippen molar-refractivity contribution in [1.82, 2.24) is 0 Å². The van der Waals surface area contributed by atoms with Crippen LogP contribution in [0.3, 0.4) is 0 Å². The van der Waals surface area contributed by atoms with E-state index in [0.29, 0.717) is 0 Å². The molecule has 4 aliphatic carbocycles. The third-order valence-corrected chi connectivity index (χ3v) is 12.1. The molecule has 0 N–H and O–H groups in total. The summed E-state index contributed by atoms with van der Waals surface area (Å²) < 4.78 is 0. The predicted molar refractivity (Wildman–Crippen MR) is 242 cm³/mol. The van der Waals surface area contributed by atoms with Crippen molar-refractivity contribution in [2.75, 3.05) is 0 Å². The van der Waals surface area contributed by atoms with E-state index in [2.05, 4.69) is 176 Å². The Balaban J connectivity index is 1.57. The Morgan fingerprint density at radius 3 is 0.845 bits per heavy atom. The van der Waals surface area contributed by atoms with Gasteiger partial charge in [0.1, 0.15) is 0 Å². The van der Waals surface area contributed by atoms with Gasteiger partial charge >= 0.3 is 0 Å². The second kappa shape index (κ2) is 14.7. The maximum absolute atomic E-state index is 3.78. The highest BCUT2D eigenvalue weighted by molar-refractivity contribution is 5.84. The van der Waals surface area contributed by atoms with Crippen LogP contribution in [0.4, 0.5) is 0 Å². The zero-order valence-corrected chi connectivity index (χ0v) is 34.9. The van der Waals surface area contributed by atoms with Gasteiger partial charge in [0.15, 0.2) is 0 Å². The first-order chi connectivity index (χ1) is 27.8. The molecule has 2 unspecified atom stereocenters. The summed E-state index contributed by atoms with van der Waals surface area (Å²) in [5.41, 5.74) is 13.4. The van der Waals surface area contributed by atoms with Gasteiger partial charge in [-0.15, -0.1) is 0 Å². The average molecular weight is 745 g/mol. The highest BCUT2D eigenvalue weighted by Crippen LogP contribution is 2.71. The van der Waals surface area contributed by atoms with Gasteiger partial charge < -0.3 is 0 Å². The second-order valence-electron chi connectivity index (χ2n) is 17.9. The predicted octanol–water partition coefficient (Wildman–Crippen LogP) is 12.9. The zero-order valence-electron chi connectivity index (χ0n) is 34.9. The molecule has 4 aromatic rings. The Labute approximate surface area is 346 Å². The van der Waals surface area contributed by atoms with Crippen LogP contribution in [0.5, 0.6) is 0 Å². The van der Waals surface area contributed by atoms with Crippen LogP contribution in [0.25, 0.3) is 0 Å². The van der Waals surface area contributed by atoms with E-state index >= 15 is 0 Å². The molecule has 0 spiro atoms. The van der Waals surface area contributed by atoms with E-state index in [0.717, 1.165) is 44.5 Å². The first-order valence-electron chi connectivity index (χ1n) is 20.2. The molecule has 58 heavy (non-hydrogen) atoms. The van der Waals surface area contributed by atoms with E-state index in [1.807, 2.05) is 72.8 Å². The number of hydrogen-bond donors (Lipinski definition) is 0. The monoisotopic (exact) mass is 744 g/mol. The molecular formula is C58H48. The highest BCUT2D eigenvalue weighted by Gasteiger charge is 2.62. The normalized spacial score (nSPS) is 20.6. The van der Waals surface area contributed by atoms with Crippen molar-refractivity contribution in [1.29, 1.82) is 0 Å². The van der Waals surface area contributed by atoms with Crippen molar-refractivity contribution in [3.8, 4) is 47.4 Å². The zero-order chi connectivity index (χ0) is 40.7. The molecule has 0 heteroatoms. The summed E-state index contributed by atoms with van der Waals surface area (Å²) in [4.78, 5) is 0. The lowest BCUT2D eigenvalue weighted by Crippen LogP contribution is -2.51. The molecule has 0 aliphatic heterocycles. The minimum Gasteiger partial charge on any atom is -0.0622 e. The van der Waals surface area contributed by atoms with Crippen molar-refractivity contribution in [3.05, 3.63) is 224 Å². The molecular weight excluding hydrogens is 697 g/mol. The summed E-state index contributed by atoms with van der Waals surface area (Å²) in [7, 11) is 0. The van der Waals surface area contributed by atoms with E-state index in [1.165, 1.54) is 33.4 Å². The largest absolute Gasteiger partial charge is 0.0622 e. The van der Waals surface area contributed by atoms with Gasteiger partial charge in [-0.25, -0.2) is 0 Å². The van der Waals surface area contributed by atoms with Crippen LogP contribution in [0.1, 0.15) is 77.6 Å². The molecule has 2 atom stereocenters. The van der Waals surface area contributed by atoms with Crippen LogP contribution in [-0.2, 0) is 0 Å². The van der Waals surface area contributed by atoms with E-state index in [-0.39, 0.29) is 10.8 Å². The fourth-order valence-electron chi connectivity index (χ4n) is 8.49. The molecule has 0 saturated carbocycles. The smallest absolute Gasteiger partial charge is 0.0450 e. The maximum atomic E-state index is 3.78. The van der Waals surface area contributed by atoms with Crippen molar-refractivity contribution >= 4 is 0 Å². The standard InChI is InChI=1S/C58H48/c1-55(2,3)45-37-51-47(33-29-41-21-13-9-14-22-41)49(35-31-43-25-17-11-18-26-43)53-39-46(56(4,5)6)40-54-50(36-32-44-27-19-12-20-28-44)48(34-30-42-23-15-10-16-24-42)52(38-45)57(51,7)58(53,54)8/h9-28,37-40H,1-8H3. The third-order valence-electron chi connectivity index (χ3n) is 12.1. The van der Waals surface area contributed by atoms with E-state index in [4.69, 9.17) is 0 Å². The van der Waals surface area contributed by atoms with Gasteiger partial charge in [0.05, 0.1) is 0 Å². The van der Waals surface area contributed by atoms with Crippen LogP contribution >= 0.6 is 0 Å². The molecule has 0 heterocycles. The molecule has 0 fully saturated rings. The van der Waals surface area contributed by atoms with Gasteiger partial charge in [-0.3, -0.25) is 0 Å². The number of hydrogen-bond acceptors (Lipinski definition) is 0. The van der Waals surface area contributed by atoms with E-state index in [9.17, 15) is 0 Å². The Morgan fingerprint density at radius 1 is 0.328 bits per heavy atom. The fraction of sp³-hybridized carbons (Fsp3) is 0.207. The van der Waals surface area contributed by atoms with Gasteiger partial charge in [-0.1, -0.05) is 200 Å². The van der Waals surface area contributed by atoms with Crippen LogP contribution < -0.4 is 0 Å². The van der Waals surface area contributed by atoms with Gasteiger partial charge in [0, 0.05) is 55.4 Å². The Bertz CT molecular complexity index is 2620. The molecule has 0 saturated heterocycles. The minimum atomic E-state index is -0.569. The van der Waals surface area contributed by atoms with E-state index in [1.54, 1.807) is 0 Å². The molecule has 0 amide bonds. The quantitative estimate of drug-likeness (QED) is 0.157. The molecule has 4 aromatic carbocycles. The van der Waals surface area contributed by atoms with Crippen molar-refractivity contribution < 1.29 is 0 Å². The SMILES string of the molecule is CC(C)(C)C1=CC2=C(C#Cc3ccccc3)C(C#Cc3ccccc3)=C3C=C(C(C)(C)C)C=C4C(C#Cc5ccccc5)=C(C#Cc5ccccc5)C(=C1)C2(C)C43C. The van der Waals surface area contributed by atoms with Crippen LogP contribution in [0.15, 0.2) is 201 Å². The van der Waals surface area contributed by atoms with Crippen molar-refractivity contribution in [3.63, 3.8) is 0 Å². The summed E-state index contributed by atoms with van der Waals surface area (Å²) in [5, 5.41) is 0. The first-order valence-corrected chi connectivity index (χ1v) is 20.2. The van der Waals surface area contributed by atoms with Crippen molar-refractivity contribution in [2.45, 2.75) is 55.4 Å². The summed E-state index contributed by atoms with van der Waals surface area (Å²) in [6.45, 7) is 18.6. The van der Waals surface area contributed by atoms with Gasteiger partial charge in [0.2, 0.25) is 0 Å². The Morgan fingerprint density at radius 2 is 0.586 bits per heavy atom. The van der Waals surface area contributed by atoms with Gasteiger partial charge in [-0.05, 0) is 92.8 Å². The van der Waals surface area contributed by atoms with Gasteiger partial charge in [-0.2, -0.15) is 0 Å². The number of rotatable bonds is 0. The minimum absolute atomic E-state index is 0.171. The molecule has 0 radical (unpaired) electrons. The lowest BCUT2D eigenvalue weighted by Gasteiger charge is -2.59. The second-order valence-corrected chi connectivity index (χ2v) is 17.9. The molecule has 0 aromatic heterocycles. The first kappa shape index (κ1) is 38.2.